The van der Waals surface area contributed by atoms with E-state index in [-0.39, 0.29) is 6.54 Å². The third-order valence-corrected chi connectivity index (χ3v) is 0.632. The minimum Gasteiger partial charge on any atom is -0.350 e. The number of carbonyl (C=O) groups excluding carboxylic acids is 1. The van der Waals surface area contributed by atoms with Crippen LogP contribution < -0.4 is 5.73 Å². The maximum absolute atomic E-state index is 10.0. The highest BCUT2D eigenvalue weighted by atomic mass is 17.2. The highest BCUT2D eigenvalue weighted by Crippen LogP contribution is 1.82. The standard InChI is InChI=1S/C3H8N2O3/c1-2-5(8-7)3(4)6/h7H,2H2,1H3,(H2,4,6). The van der Waals surface area contributed by atoms with Crippen LogP contribution in [0.25, 0.3) is 0 Å². The molecule has 48 valence electrons. The molecule has 0 radical (unpaired) electrons. The molecule has 0 spiro atoms. The van der Waals surface area contributed by atoms with Crippen LogP contribution in [0.2, 0.25) is 0 Å². The number of rotatable bonds is 2. The van der Waals surface area contributed by atoms with Gasteiger partial charge in [-0.15, -0.1) is 4.99 Å². The van der Waals surface area contributed by atoms with Crippen LogP contribution in [0.5, 0.6) is 0 Å². The molecule has 0 rings (SSSR count). The summed E-state index contributed by atoms with van der Waals surface area (Å²) >= 11 is 0. The van der Waals surface area contributed by atoms with Crippen molar-refractivity contribution >= 4 is 6.03 Å². The SMILES string of the molecule is CCN(OO)C(N)=O. The van der Waals surface area contributed by atoms with E-state index in [0.29, 0.717) is 5.06 Å². The van der Waals surface area contributed by atoms with Crippen molar-refractivity contribution in [3.05, 3.63) is 0 Å². The molecule has 3 N–H and O–H groups in total. The molecule has 2 amide bonds. The number of hydroxylamine groups is 2. The van der Waals surface area contributed by atoms with Crippen LogP contribution in [0.1, 0.15) is 6.92 Å². The monoisotopic (exact) mass is 120 g/mol. The zero-order valence-corrected chi connectivity index (χ0v) is 4.50. The summed E-state index contributed by atoms with van der Waals surface area (Å²) in [5, 5.41) is 8.43. The van der Waals surface area contributed by atoms with E-state index in [1.54, 1.807) is 6.92 Å². The van der Waals surface area contributed by atoms with Crippen molar-refractivity contribution in [3.8, 4) is 0 Å². The number of amides is 2. The van der Waals surface area contributed by atoms with Gasteiger partial charge in [0, 0.05) is 0 Å². The summed E-state index contributed by atoms with van der Waals surface area (Å²) in [4.78, 5) is 13.5. The zero-order valence-electron chi connectivity index (χ0n) is 4.50. The normalized spacial score (nSPS) is 8.75. The number of hydrogen-bond donors (Lipinski definition) is 2. The van der Waals surface area contributed by atoms with Gasteiger partial charge in [-0.05, 0) is 6.92 Å². The second kappa shape index (κ2) is 3.23. The predicted molar refractivity (Wildman–Crippen MR) is 25.7 cm³/mol. The quantitative estimate of drug-likeness (QED) is 0.391. The fourth-order valence-electron chi connectivity index (χ4n) is 0.254. The summed E-state index contributed by atoms with van der Waals surface area (Å²) in [6, 6.07) is -0.810. The highest BCUT2D eigenvalue weighted by molar-refractivity contribution is 5.70. The lowest BCUT2D eigenvalue weighted by molar-refractivity contribution is -0.370. The molecule has 0 heterocycles. The molecule has 0 bridgehead atoms. The number of nitrogens with two attached hydrogens (primary N) is 1. The molecule has 5 heteroatoms. The first-order valence-electron chi connectivity index (χ1n) is 2.10. The van der Waals surface area contributed by atoms with E-state index in [0.717, 1.165) is 0 Å². The van der Waals surface area contributed by atoms with E-state index in [1.807, 2.05) is 0 Å². The van der Waals surface area contributed by atoms with Crippen molar-refractivity contribution in [2.24, 2.45) is 5.73 Å². The van der Waals surface area contributed by atoms with Gasteiger partial charge in [0.2, 0.25) is 0 Å². The Balaban J connectivity index is 3.52. The average molecular weight is 120 g/mol. The van der Waals surface area contributed by atoms with Gasteiger partial charge in [-0.25, -0.2) is 10.1 Å². The Hall–Kier alpha value is -0.810. The number of primary amides is 1. The first kappa shape index (κ1) is 7.19. The van der Waals surface area contributed by atoms with Gasteiger partial charge in [0.25, 0.3) is 0 Å². The molecular formula is C3H8N2O3. The first-order valence-corrected chi connectivity index (χ1v) is 2.10. The van der Waals surface area contributed by atoms with Crippen molar-refractivity contribution in [2.75, 3.05) is 6.54 Å². The van der Waals surface area contributed by atoms with Crippen LogP contribution in [-0.2, 0) is 4.99 Å². The van der Waals surface area contributed by atoms with Crippen LogP contribution in [0.3, 0.4) is 0 Å². The first-order chi connectivity index (χ1) is 3.72. The van der Waals surface area contributed by atoms with Crippen LogP contribution in [0.4, 0.5) is 4.79 Å². The highest BCUT2D eigenvalue weighted by Gasteiger charge is 2.04. The third kappa shape index (κ3) is 1.76. The zero-order chi connectivity index (χ0) is 6.57. The van der Waals surface area contributed by atoms with Crippen molar-refractivity contribution in [1.29, 1.82) is 0 Å². The molecular weight excluding hydrogens is 112 g/mol. The molecule has 0 aliphatic rings. The Morgan fingerprint density at radius 3 is 2.50 bits per heavy atom. The van der Waals surface area contributed by atoms with E-state index >= 15 is 0 Å². The van der Waals surface area contributed by atoms with E-state index in [1.165, 1.54) is 0 Å². The Morgan fingerprint density at radius 1 is 2.00 bits per heavy atom. The Morgan fingerprint density at radius 2 is 2.50 bits per heavy atom. The summed E-state index contributed by atoms with van der Waals surface area (Å²) in [7, 11) is 0. The van der Waals surface area contributed by atoms with Crippen LogP contribution >= 0.6 is 0 Å². The van der Waals surface area contributed by atoms with Gasteiger partial charge in [-0.3, -0.25) is 0 Å². The van der Waals surface area contributed by atoms with E-state index in [4.69, 9.17) is 5.26 Å². The minimum absolute atomic E-state index is 0.228. The molecule has 0 aromatic carbocycles. The summed E-state index contributed by atoms with van der Waals surface area (Å²) in [6.45, 7) is 1.84. The second-order valence-corrected chi connectivity index (χ2v) is 1.11. The molecule has 0 aromatic rings. The van der Waals surface area contributed by atoms with E-state index in [2.05, 4.69) is 10.7 Å². The number of urea groups is 1. The largest absolute Gasteiger partial charge is 0.350 e. The lowest BCUT2D eigenvalue weighted by Crippen LogP contribution is -2.34. The van der Waals surface area contributed by atoms with E-state index < -0.39 is 6.03 Å². The average Bonchev–Trinajstić information content (AvgIpc) is 1.69. The molecule has 0 unspecified atom stereocenters. The van der Waals surface area contributed by atoms with Gasteiger partial charge >= 0.3 is 6.03 Å². The molecule has 0 aliphatic heterocycles. The Bertz CT molecular complexity index is 80.6. The lowest BCUT2D eigenvalue weighted by Gasteiger charge is -2.09. The van der Waals surface area contributed by atoms with E-state index in [9.17, 15) is 4.79 Å². The third-order valence-electron chi connectivity index (χ3n) is 0.632. The maximum atomic E-state index is 10.0. The van der Waals surface area contributed by atoms with Crippen LogP contribution in [0.15, 0.2) is 0 Å². The lowest BCUT2D eigenvalue weighted by atomic mass is 10.7. The maximum Gasteiger partial charge on any atom is 0.341 e. The van der Waals surface area contributed by atoms with Crippen molar-refractivity contribution in [3.63, 3.8) is 0 Å². The second-order valence-electron chi connectivity index (χ2n) is 1.11. The Kier molecular flexibility index (Phi) is 2.90. The van der Waals surface area contributed by atoms with Crippen LogP contribution in [-0.4, -0.2) is 22.9 Å². The predicted octanol–water partition coefficient (Wildman–Crippen LogP) is -0.208. The number of carbonyl (C=O) groups is 1. The molecule has 0 aliphatic carbocycles. The molecule has 8 heavy (non-hydrogen) atoms. The molecule has 5 nitrogen and oxygen atoms in total. The van der Waals surface area contributed by atoms with Gasteiger partial charge < -0.3 is 5.73 Å². The van der Waals surface area contributed by atoms with Crippen molar-refractivity contribution in [2.45, 2.75) is 6.92 Å². The molecule has 0 saturated carbocycles. The molecule has 0 atom stereocenters. The minimum atomic E-state index is -0.810. The van der Waals surface area contributed by atoms with Gasteiger partial charge in [-0.2, -0.15) is 5.06 Å². The van der Waals surface area contributed by atoms with Gasteiger partial charge in [0.1, 0.15) is 0 Å². The topological polar surface area (TPSA) is 75.8 Å². The summed E-state index contributed by atoms with van der Waals surface area (Å²) in [5.41, 5.74) is 4.66. The van der Waals surface area contributed by atoms with Crippen molar-refractivity contribution < 1.29 is 15.0 Å². The number of nitrogens with zero attached hydrogens (tertiary/aromatic N) is 1. The van der Waals surface area contributed by atoms with Gasteiger partial charge in [-0.1, -0.05) is 0 Å². The van der Waals surface area contributed by atoms with Crippen molar-refractivity contribution in [1.82, 2.24) is 5.06 Å². The Labute approximate surface area is 46.5 Å². The smallest absolute Gasteiger partial charge is 0.341 e. The summed E-state index contributed by atoms with van der Waals surface area (Å²) < 4.78 is 0. The van der Waals surface area contributed by atoms with Gasteiger partial charge in [0.05, 0.1) is 6.54 Å². The molecule has 0 aromatic heterocycles. The molecule has 0 saturated heterocycles. The van der Waals surface area contributed by atoms with Gasteiger partial charge in [0.15, 0.2) is 0 Å². The molecule has 0 fully saturated rings. The summed E-state index contributed by atoms with van der Waals surface area (Å²) in [5.74, 6) is 0. The fraction of sp³-hybridized carbons (Fsp3) is 0.667. The fourth-order valence-corrected chi connectivity index (χ4v) is 0.254. The number of hydrogen-bond acceptors (Lipinski definition) is 3. The summed E-state index contributed by atoms with van der Waals surface area (Å²) in [6.07, 6.45) is 0. The van der Waals surface area contributed by atoms with Crippen LogP contribution in [0, 0.1) is 0 Å².